The molecule has 0 saturated heterocycles. The minimum atomic E-state index is -4.95. The minimum absolute atomic E-state index is 0.00159. The average molecular weight is 404 g/mol. The lowest BCUT2D eigenvalue weighted by Gasteiger charge is -2.10. The molecule has 2 aromatic rings. The Hall–Kier alpha value is -3.42. The second-order valence-electron chi connectivity index (χ2n) is 5.32. The fourth-order valence-corrected chi connectivity index (χ4v) is 2.13. The van der Waals surface area contributed by atoms with Crippen molar-refractivity contribution in [3.63, 3.8) is 0 Å². The normalized spacial score (nSPS) is 12.4. The van der Waals surface area contributed by atoms with E-state index < -0.39 is 41.0 Å². The molecule has 0 bridgehead atoms. The van der Waals surface area contributed by atoms with Gasteiger partial charge in [0.15, 0.2) is 0 Å². The lowest BCUT2D eigenvalue weighted by molar-refractivity contribution is -0.274. The predicted molar refractivity (Wildman–Crippen MR) is 83.2 cm³/mol. The molecule has 0 atom stereocenters. The number of Topliss-reactive ketones (excluding diaryl/α,β-unsaturated/α-hetero) is 1. The van der Waals surface area contributed by atoms with Gasteiger partial charge in [-0.15, -0.1) is 13.2 Å². The van der Waals surface area contributed by atoms with Gasteiger partial charge in [0, 0.05) is 18.0 Å². The molecule has 0 fully saturated rings. The first-order valence-corrected chi connectivity index (χ1v) is 7.35. The van der Waals surface area contributed by atoms with Crippen molar-refractivity contribution in [2.24, 2.45) is 0 Å². The van der Waals surface area contributed by atoms with Crippen molar-refractivity contribution >= 4 is 11.5 Å². The number of carbonyl (C=O) groups excluding carboxylic acids is 1. The molecule has 148 valence electrons. The molecule has 5 nitrogen and oxygen atoms in total. The number of nitriles is 1. The van der Waals surface area contributed by atoms with Crippen molar-refractivity contribution in [1.29, 1.82) is 5.26 Å². The minimum Gasteiger partial charge on any atom is -0.456 e. The Morgan fingerprint density at radius 3 is 2.46 bits per heavy atom. The van der Waals surface area contributed by atoms with E-state index in [1.807, 2.05) is 0 Å². The van der Waals surface area contributed by atoms with Gasteiger partial charge in [-0.2, -0.15) is 18.4 Å². The van der Waals surface area contributed by atoms with E-state index in [9.17, 15) is 31.1 Å². The Labute approximate surface area is 153 Å². The van der Waals surface area contributed by atoms with Gasteiger partial charge < -0.3 is 14.5 Å². The number of nitrogens with one attached hydrogen (secondary N) is 1. The van der Waals surface area contributed by atoms with Gasteiger partial charge in [-0.1, -0.05) is 6.07 Å². The fraction of sp³-hybridized carbons (Fsp3) is 0.176. The molecule has 28 heavy (non-hydrogen) atoms. The van der Waals surface area contributed by atoms with Crippen LogP contribution in [0, 0.1) is 18.3 Å². The Bertz CT molecular complexity index is 951. The molecule has 0 spiro atoms. The number of carbonyl (C=O) groups is 1. The smallest absolute Gasteiger partial charge is 0.456 e. The largest absolute Gasteiger partial charge is 0.573 e. The Morgan fingerprint density at radius 1 is 1.21 bits per heavy atom. The first-order chi connectivity index (χ1) is 12.9. The van der Waals surface area contributed by atoms with Gasteiger partial charge in [-0.3, -0.25) is 4.79 Å². The number of halogens is 6. The number of nitrogens with zero attached hydrogens (tertiary/aromatic N) is 1. The zero-order valence-electron chi connectivity index (χ0n) is 13.9. The van der Waals surface area contributed by atoms with Gasteiger partial charge in [0.2, 0.25) is 11.5 Å². The summed E-state index contributed by atoms with van der Waals surface area (Å²) < 4.78 is 83.7. The first kappa shape index (κ1) is 20.9. The predicted octanol–water partition coefficient (Wildman–Crippen LogP) is 5.21. The highest BCUT2D eigenvalue weighted by Crippen LogP contribution is 2.35. The maximum atomic E-state index is 13.0. The highest BCUT2D eigenvalue weighted by atomic mass is 19.4. The lowest BCUT2D eigenvalue weighted by Crippen LogP contribution is -2.17. The van der Waals surface area contributed by atoms with E-state index in [1.165, 1.54) is 25.1 Å². The van der Waals surface area contributed by atoms with Gasteiger partial charge in [-0.05, 0) is 25.1 Å². The van der Waals surface area contributed by atoms with Crippen LogP contribution in [0.3, 0.4) is 0 Å². The molecule has 0 unspecified atom stereocenters. The summed E-state index contributed by atoms with van der Waals surface area (Å²) in [5.74, 6) is -3.56. The molecule has 0 radical (unpaired) electrons. The summed E-state index contributed by atoms with van der Waals surface area (Å²) in [7, 11) is 0. The van der Waals surface area contributed by atoms with E-state index >= 15 is 0 Å². The van der Waals surface area contributed by atoms with Crippen LogP contribution in [-0.4, -0.2) is 12.1 Å². The van der Waals surface area contributed by atoms with Crippen LogP contribution in [0.25, 0.3) is 0 Å². The SMILES string of the molecule is Cc1cc(C(=O)C(C#N)=CNc2cccc(OC(F)(F)F)c2)c(C(F)(F)F)o1. The van der Waals surface area contributed by atoms with Gasteiger partial charge >= 0.3 is 12.5 Å². The molecule has 0 aliphatic carbocycles. The average Bonchev–Trinajstić information content (AvgIpc) is 2.96. The van der Waals surface area contributed by atoms with Crippen molar-refractivity contribution < 1.29 is 40.3 Å². The number of benzene rings is 1. The van der Waals surface area contributed by atoms with Crippen LogP contribution in [0.2, 0.25) is 0 Å². The number of ketones is 1. The van der Waals surface area contributed by atoms with E-state index in [1.54, 1.807) is 0 Å². The van der Waals surface area contributed by atoms with Crippen molar-refractivity contribution in [3.05, 3.63) is 59.2 Å². The van der Waals surface area contributed by atoms with Crippen molar-refractivity contribution in [1.82, 2.24) is 0 Å². The van der Waals surface area contributed by atoms with E-state index in [0.717, 1.165) is 24.4 Å². The first-order valence-electron chi connectivity index (χ1n) is 7.35. The number of furan rings is 1. The third kappa shape index (κ3) is 5.29. The molecular formula is C17H10F6N2O3. The maximum absolute atomic E-state index is 13.0. The van der Waals surface area contributed by atoms with Gasteiger partial charge in [0.25, 0.3) is 0 Å². The van der Waals surface area contributed by atoms with Crippen molar-refractivity contribution in [2.45, 2.75) is 19.5 Å². The molecular weight excluding hydrogens is 394 g/mol. The number of hydrogen-bond acceptors (Lipinski definition) is 5. The number of alkyl halides is 6. The molecule has 0 amide bonds. The molecule has 1 N–H and O–H groups in total. The Morgan fingerprint density at radius 2 is 1.89 bits per heavy atom. The van der Waals surface area contributed by atoms with Crippen LogP contribution in [0.5, 0.6) is 5.75 Å². The second kappa shape index (κ2) is 7.67. The molecule has 2 rings (SSSR count). The van der Waals surface area contributed by atoms with Crippen LogP contribution >= 0.6 is 0 Å². The van der Waals surface area contributed by atoms with Crippen molar-refractivity contribution in [3.8, 4) is 11.8 Å². The summed E-state index contributed by atoms with van der Waals surface area (Å²) in [5.41, 5.74) is -1.57. The molecule has 1 aromatic carbocycles. The Balaban J connectivity index is 2.27. The summed E-state index contributed by atoms with van der Waals surface area (Å²) in [6.45, 7) is 1.20. The lowest BCUT2D eigenvalue weighted by atomic mass is 10.0. The highest BCUT2D eigenvalue weighted by molar-refractivity contribution is 6.12. The monoisotopic (exact) mass is 404 g/mol. The second-order valence-corrected chi connectivity index (χ2v) is 5.32. The van der Waals surface area contributed by atoms with Crippen LogP contribution < -0.4 is 10.1 Å². The summed E-state index contributed by atoms with van der Waals surface area (Å²) in [6.07, 6.45) is -9.09. The maximum Gasteiger partial charge on any atom is 0.573 e. The number of hydrogen-bond donors (Lipinski definition) is 1. The highest BCUT2D eigenvalue weighted by Gasteiger charge is 2.40. The summed E-state index contributed by atoms with van der Waals surface area (Å²) in [5, 5.41) is 11.5. The number of anilines is 1. The number of aryl methyl sites for hydroxylation is 1. The third-order valence-corrected chi connectivity index (χ3v) is 3.17. The van der Waals surface area contributed by atoms with Gasteiger partial charge in [0.1, 0.15) is 23.2 Å². The standard InChI is InChI=1S/C17H10F6N2O3/c1-9-5-13(15(27-9)16(18,19)20)14(26)10(7-24)8-25-11-3-2-4-12(6-11)28-17(21,22)23/h2-6,8,25H,1H3. The van der Waals surface area contributed by atoms with Crippen molar-refractivity contribution in [2.75, 3.05) is 5.32 Å². The van der Waals surface area contributed by atoms with E-state index in [0.29, 0.717) is 0 Å². The topological polar surface area (TPSA) is 75.3 Å². The number of ether oxygens (including phenoxy) is 1. The van der Waals surface area contributed by atoms with Gasteiger partial charge in [0.05, 0.1) is 5.56 Å². The zero-order valence-corrected chi connectivity index (χ0v) is 13.9. The van der Waals surface area contributed by atoms with E-state index in [-0.39, 0.29) is 11.4 Å². The van der Waals surface area contributed by atoms with Crippen LogP contribution in [0.4, 0.5) is 32.0 Å². The quantitative estimate of drug-likeness (QED) is 0.321. The third-order valence-electron chi connectivity index (χ3n) is 3.17. The molecule has 1 aromatic heterocycles. The molecule has 0 saturated carbocycles. The van der Waals surface area contributed by atoms with Crippen LogP contribution in [0.15, 0.2) is 46.5 Å². The number of allylic oxidation sites excluding steroid dienone is 1. The Kier molecular flexibility index (Phi) is 5.72. The molecule has 11 heteroatoms. The van der Waals surface area contributed by atoms with E-state index in [4.69, 9.17) is 5.26 Å². The molecule has 0 aliphatic heterocycles. The van der Waals surface area contributed by atoms with Crippen LogP contribution in [-0.2, 0) is 6.18 Å². The van der Waals surface area contributed by atoms with Crippen LogP contribution in [0.1, 0.15) is 21.9 Å². The fourth-order valence-electron chi connectivity index (χ4n) is 2.13. The zero-order chi connectivity index (χ0) is 21.1. The van der Waals surface area contributed by atoms with E-state index in [2.05, 4.69) is 14.5 Å². The summed E-state index contributed by atoms with van der Waals surface area (Å²) >= 11 is 0. The summed E-state index contributed by atoms with van der Waals surface area (Å²) in [4.78, 5) is 12.3. The number of rotatable bonds is 5. The summed E-state index contributed by atoms with van der Waals surface area (Å²) in [6, 6.07) is 6.72. The molecule has 1 heterocycles. The molecule has 0 aliphatic rings. The van der Waals surface area contributed by atoms with Gasteiger partial charge in [-0.25, -0.2) is 0 Å².